The van der Waals surface area contributed by atoms with E-state index in [0.717, 1.165) is 6.07 Å². The van der Waals surface area contributed by atoms with Crippen molar-refractivity contribution in [2.75, 3.05) is 18.8 Å². The van der Waals surface area contributed by atoms with Gasteiger partial charge in [-0.05, 0) is 31.5 Å². The Morgan fingerprint density at radius 3 is 2.72 bits per heavy atom. The van der Waals surface area contributed by atoms with Crippen molar-refractivity contribution in [1.82, 2.24) is 5.32 Å². The minimum atomic E-state index is -1.49. The Morgan fingerprint density at radius 2 is 2.17 bits per heavy atom. The molecule has 0 aliphatic carbocycles. The van der Waals surface area contributed by atoms with Crippen molar-refractivity contribution in [1.29, 1.82) is 0 Å². The molecule has 2 rings (SSSR count). The quantitative estimate of drug-likeness (QED) is 0.696. The molecule has 4 nitrogen and oxygen atoms in total. The van der Waals surface area contributed by atoms with Crippen LogP contribution >= 0.6 is 0 Å². The Hall–Kier alpha value is -1.69. The number of carboxylic acid groups (broad SMARTS) is 1. The molecule has 1 atom stereocenters. The van der Waals surface area contributed by atoms with Gasteiger partial charge in [-0.25, -0.2) is 8.78 Å². The summed E-state index contributed by atoms with van der Waals surface area (Å²) in [7, 11) is 0. The normalized spacial score (nSPS) is 23.9. The smallest absolute Gasteiger partial charge is 0.315 e. The van der Waals surface area contributed by atoms with Crippen molar-refractivity contribution in [2.24, 2.45) is 0 Å². The highest BCUT2D eigenvalue weighted by molar-refractivity contribution is 5.84. The average molecular weight is 256 g/mol. The zero-order valence-corrected chi connectivity index (χ0v) is 9.67. The van der Waals surface area contributed by atoms with Gasteiger partial charge in [-0.15, -0.1) is 0 Å². The molecule has 0 radical (unpaired) electrons. The Kier molecular flexibility index (Phi) is 3.21. The lowest BCUT2D eigenvalue weighted by molar-refractivity contribution is -0.144. The van der Waals surface area contributed by atoms with E-state index in [4.69, 9.17) is 5.73 Å². The molecule has 1 saturated heterocycles. The van der Waals surface area contributed by atoms with E-state index < -0.39 is 23.0 Å². The van der Waals surface area contributed by atoms with Crippen molar-refractivity contribution in [3.8, 4) is 0 Å². The van der Waals surface area contributed by atoms with E-state index in [1.165, 1.54) is 6.07 Å². The van der Waals surface area contributed by atoms with Gasteiger partial charge in [-0.1, -0.05) is 0 Å². The summed E-state index contributed by atoms with van der Waals surface area (Å²) in [6, 6.07) is 2.10. The summed E-state index contributed by atoms with van der Waals surface area (Å²) < 4.78 is 27.2. The molecule has 0 aromatic heterocycles. The van der Waals surface area contributed by atoms with E-state index in [1.54, 1.807) is 0 Å². The van der Waals surface area contributed by atoms with E-state index in [1.807, 2.05) is 0 Å². The van der Waals surface area contributed by atoms with Crippen molar-refractivity contribution in [3.63, 3.8) is 0 Å². The number of hydrogen-bond donors (Lipinski definition) is 3. The van der Waals surface area contributed by atoms with Crippen LogP contribution in [-0.2, 0) is 10.2 Å². The monoisotopic (exact) mass is 256 g/mol. The Labute approximate surface area is 103 Å². The van der Waals surface area contributed by atoms with Crippen LogP contribution in [-0.4, -0.2) is 24.2 Å². The van der Waals surface area contributed by atoms with Crippen LogP contribution in [0.5, 0.6) is 0 Å². The molecule has 1 aromatic carbocycles. The van der Waals surface area contributed by atoms with Gasteiger partial charge in [0.25, 0.3) is 0 Å². The maximum atomic E-state index is 13.9. The lowest BCUT2D eigenvalue weighted by Crippen LogP contribution is -2.50. The first-order valence-electron chi connectivity index (χ1n) is 5.67. The molecule has 0 spiro atoms. The maximum absolute atomic E-state index is 13.9. The van der Waals surface area contributed by atoms with Gasteiger partial charge in [0, 0.05) is 17.8 Å². The number of rotatable bonds is 2. The fraction of sp³-hybridized carbons (Fsp3) is 0.417. The third-order valence-corrected chi connectivity index (χ3v) is 3.40. The van der Waals surface area contributed by atoms with Gasteiger partial charge < -0.3 is 16.2 Å². The summed E-state index contributed by atoms with van der Waals surface area (Å²) in [5.41, 5.74) is 3.88. The highest BCUT2D eigenvalue weighted by Gasteiger charge is 2.45. The molecule has 0 bridgehead atoms. The van der Waals surface area contributed by atoms with Gasteiger partial charge >= 0.3 is 5.97 Å². The summed E-state index contributed by atoms with van der Waals surface area (Å²) in [6.45, 7) is 0.707. The standard InChI is InChI=1S/C12H14F2N2O2/c13-7-2-3-8(15)9(10(7)14)12(11(17)18)4-1-5-16-6-12/h2-3,16H,1,4-6,15H2,(H,17,18). The summed E-state index contributed by atoms with van der Waals surface area (Å²) >= 11 is 0. The number of piperidine rings is 1. The molecule has 1 heterocycles. The van der Waals surface area contributed by atoms with Gasteiger partial charge in [0.1, 0.15) is 5.41 Å². The summed E-state index contributed by atoms with van der Waals surface area (Å²) in [4.78, 5) is 11.5. The molecule has 1 unspecified atom stereocenters. The Balaban J connectivity index is 2.63. The Bertz CT molecular complexity index is 485. The molecule has 6 heteroatoms. The number of anilines is 1. The molecule has 1 aromatic rings. The number of nitrogens with two attached hydrogens (primary N) is 1. The minimum Gasteiger partial charge on any atom is -0.481 e. The number of nitrogens with one attached hydrogen (secondary N) is 1. The Morgan fingerprint density at radius 1 is 1.44 bits per heavy atom. The second-order valence-electron chi connectivity index (χ2n) is 4.49. The van der Waals surface area contributed by atoms with E-state index in [-0.39, 0.29) is 24.2 Å². The summed E-state index contributed by atoms with van der Waals surface area (Å²) in [6.07, 6.45) is 0.807. The molecule has 1 fully saturated rings. The molecular weight excluding hydrogens is 242 g/mol. The lowest BCUT2D eigenvalue weighted by atomic mass is 9.73. The van der Waals surface area contributed by atoms with Gasteiger partial charge in [0.15, 0.2) is 11.6 Å². The van der Waals surface area contributed by atoms with E-state index in [9.17, 15) is 18.7 Å². The number of carbonyl (C=O) groups is 1. The third kappa shape index (κ3) is 1.82. The van der Waals surface area contributed by atoms with E-state index >= 15 is 0 Å². The second kappa shape index (κ2) is 4.53. The van der Waals surface area contributed by atoms with Gasteiger partial charge in [-0.2, -0.15) is 0 Å². The van der Waals surface area contributed by atoms with E-state index in [2.05, 4.69) is 5.32 Å². The van der Waals surface area contributed by atoms with E-state index in [0.29, 0.717) is 13.0 Å². The predicted molar refractivity (Wildman–Crippen MR) is 62.2 cm³/mol. The third-order valence-electron chi connectivity index (χ3n) is 3.40. The van der Waals surface area contributed by atoms with Crippen LogP contribution in [0.2, 0.25) is 0 Å². The zero-order valence-electron chi connectivity index (χ0n) is 9.67. The van der Waals surface area contributed by atoms with Crippen molar-refractivity contribution in [2.45, 2.75) is 18.3 Å². The molecule has 1 aliphatic rings. The van der Waals surface area contributed by atoms with Gasteiger partial charge in [0.2, 0.25) is 0 Å². The van der Waals surface area contributed by atoms with Crippen LogP contribution in [0.25, 0.3) is 0 Å². The fourth-order valence-electron chi connectivity index (χ4n) is 2.46. The first-order valence-corrected chi connectivity index (χ1v) is 5.67. The molecule has 4 N–H and O–H groups in total. The number of aliphatic carboxylic acids is 1. The average Bonchev–Trinajstić information content (AvgIpc) is 2.35. The number of nitrogen functional groups attached to an aromatic ring is 1. The second-order valence-corrected chi connectivity index (χ2v) is 4.49. The fourth-order valence-corrected chi connectivity index (χ4v) is 2.46. The number of benzene rings is 1. The van der Waals surface area contributed by atoms with Crippen molar-refractivity contribution in [3.05, 3.63) is 29.3 Å². The molecule has 18 heavy (non-hydrogen) atoms. The SMILES string of the molecule is Nc1ccc(F)c(F)c1C1(C(=O)O)CCCNC1. The number of hydrogen-bond acceptors (Lipinski definition) is 3. The van der Waals surface area contributed by atoms with Crippen molar-refractivity contribution < 1.29 is 18.7 Å². The van der Waals surface area contributed by atoms with Gasteiger partial charge in [-0.3, -0.25) is 4.79 Å². The topological polar surface area (TPSA) is 75.4 Å². The molecule has 0 saturated carbocycles. The maximum Gasteiger partial charge on any atom is 0.315 e. The lowest BCUT2D eigenvalue weighted by Gasteiger charge is -2.35. The molecular formula is C12H14F2N2O2. The van der Waals surface area contributed by atoms with Crippen LogP contribution in [0.4, 0.5) is 14.5 Å². The number of halogens is 2. The first-order chi connectivity index (χ1) is 8.49. The van der Waals surface area contributed by atoms with Crippen LogP contribution in [0.1, 0.15) is 18.4 Å². The van der Waals surface area contributed by atoms with Crippen LogP contribution in [0.3, 0.4) is 0 Å². The predicted octanol–water partition coefficient (Wildman–Crippen LogP) is 1.25. The largest absolute Gasteiger partial charge is 0.481 e. The first kappa shape index (κ1) is 12.8. The van der Waals surface area contributed by atoms with Crippen LogP contribution in [0, 0.1) is 11.6 Å². The van der Waals surface area contributed by atoms with Crippen LogP contribution in [0.15, 0.2) is 12.1 Å². The highest BCUT2D eigenvalue weighted by Crippen LogP contribution is 2.37. The zero-order chi connectivity index (χ0) is 13.3. The summed E-state index contributed by atoms with van der Waals surface area (Å²) in [5.74, 6) is -3.43. The van der Waals surface area contributed by atoms with Crippen LogP contribution < -0.4 is 11.1 Å². The number of carboxylic acids is 1. The highest BCUT2D eigenvalue weighted by atomic mass is 19.2. The van der Waals surface area contributed by atoms with Gasteiger partial charge in [0.05, 0.1) is 0 Å². The molecule has 0 amide bonds. The summed E-state index contributed by atoms with van der Waals surface area (Å²) in [5, 5.41) is 12.3. The molecule has 1 aliphatic heterocycles. The van der Waals surface area contributed by atoms with Crippen molar-refractivity contribution >= 4 is 11.7 Å². The molecule has 98 valence electrons. The minimum absolute atomic E-state index is 0.0278.